The van der Waals surface area contributed by atoms with Crippen LogP contribution in [0.4, 0.5) is 0 Å². The van der Waals surface area contributed by atoms with Crippen molar-refractivity contribution in [1.82, 2.24) is 0 Å². The zero-order valence-corrected chi connectivity index (χ0v) is 15.6. The van der Waals surface area contributed by atoms with Crippen molar-refractivity contribution in [3.05, 3.63) is 0 Å². The average Bonchev–Trinajstić information content (AvgIpc) is 2.53. The highest BCUT2D eigenvalue weighted by Crippen LogP contribution is 2.21. The summed E-state index contributed by atoms with van der Waals surface area (Å²) in [6.45, 7) is 5.70. The number of hydrogen-bond donors (Lipinski definition) is 1. The van der Waals surface area contributed by atoms with Gasteiger partial charge in [-0.2, -0.15) is 0 Å². The van der Waals surface area contributed by atoms with E-state index in [0.29, 0.717) is 6.61 Å². The Morgan fingerprint density at radius 3 is 2.05 bits per heavy atom. The number of aliphatic hydroxyl groups is 1. The lowest BCUT2D eigenvalue weighted by Crippen LogP contribution is -2.41. The first-order valence-electron chi connectivity index (χ1n) is 7.88. The van der Waals surface area contributed by atoms with Gasteiger partial charge in [0.25, 0.3) is 0 Å². The Hall–Kier alpha value is -0.690. The number of carbonyl (C=O) groups excluding carboxylic acids is 1. The Bertz CT molecular complexity index is 324. The molecule has 1 saturated heterocycles. The van der Waals surface area contributed by atoms with E-state index in [1.807, 2.05) is 6.92 Å². The van der Waals surface area contributed by atoms with Crippen molar-refractivity contribution >= 4 is 5.97 Å². The van der Waals surface area contributed by atoms with Crippen molar-refractivity contribution in [2.24, 2.45) is 0 Å². The van der Waals surface area contributed by atoms with E-state index in [1.54, 1.807) is 0 Å². The third-order valence-electron chi connectivity index (χ3n) is 3.27. The van der Waals surface area contributed by atoms with Crippen LogP contribution in [0.5, 0.6) is 0 Å². The fourth-order valence-electron chi connectivity index (χ4n) is 2.10. The van der Waals surface area contributed by atoms with Gasteiger partial charge in [0.15, 0.2) is 0 Å². The largest absolute Gasteiger partial charge is 0.460 e. The fraction of sp³-hybridized carbons (Fsp3) is 0.938. The van der Waals surface area contributed by atoms with Gasteiger partial charge >= 0.3 is 5.97 Å². The second kappa shape index (κ2) is 8.82. The van der Waals surface area contributed by atoms with Gasteiger partial charge in [0, 0.05) is 13.3 Å². The van der Waals surface area contributed by atoms with E-state index in [0.717, 1.165) is 28.5 Å². The van der Waals surface area contributed by atoms with Crippen LogP contribution in [0.1, 0.15) is 20.3 Å². The maximum atomic E-state index is 10.3. The molecule has 22 heavy (non-hydrogen) atoms. The van der Waals surface area contributed by atoms with E-state index in [-0.39, 0.29) is 24.3 Å². The molecule has 0 aliphatic carbocycles. The average molecular weight is 320 g/mol. The number of aliphatic hydroxyl groups excluding tert-OH is 1. The van der Waals surface area contributed by atoms with Crippen LogP contribution in [-0.2, 0) is 14.3 Å². The number of esters is 1. The van der Waals surface area contributed by atoms with Gasteiger partial charge in [-0.05, 0) is 6.92 Å². The molecule has 6 nitrogen and oxygen atoms in total. The molecule has 0 aromatic heterocycles. The minimum Gasteiger partial charge on any atom is -0.460 e. The number of rotatable bonds is 5. The van der Waals surface area contributed by atoms with E-state index in [2.05, 4.69) is 42.3 Å². The number of likely N-dealkylation sites (N-methyl/N-ethyl adjacent to an activating group) is 2. The SMILES string of the molecule is CC(=O)OCC[N+](C)(C)C.C[C@@H]1O[C@H](C[N+](C)(C)C)C[C@H]1O. The highest BCUT2D eigenvalue weighted by molar-refractivity contribution is 5.65. The van der Waals surface area contributed by atoms with E-state index in [9.17, 15) is 9.90 Å². The van der Waals surface area contributed by atoms with E-state index >= 15 is 0 Å². The molecule has 0 spiro atoms. The minimum atomic E-state index is -0.262. The zero-order chi connectivity index (χ0) is 17.6. The molecular formula is C16H36N2O4+2. The Balaban J connectivity index is 0.000000409. The van der Waals surface area contributed by atoms with Crippen LogP contribution >= 0.6 is 0 Å². The van der Waals surface area contributed by atoms with Gasteiger partial charge in [-0.1, -0.05) is 0 Å². The summed E-state index contributed by atoms with van der Waals surface area (Å²) in [4.78, 5) is 10.3. The third-order valence-corrected chi connectivity index (χ3v) is 3.27. The normalized spacial score (nSPS) is 25.4. The predicted octanol–water partition coefficient (Wildman–Crippen LogP) is 0.487. The number of hydrogen-bond acceptors (Lipinski definition) is 4. The minimum absolute atomic E-state index is 0.0153. The summed E-state index contributed by atoms with van der Waals surface area (Å²) in [5.41, 5.74) is 0. The van der Waals surface area contributed by atoms with Gasteiger partial charge in [-0.3, -0.25) is 4.79 Å². The second-order valence-electron chi connectivity index (χ2n) is 8.09. The van der Waals surface area contributed by atoms with Gasteiger partial charge < -0.3 is 23.5 Å². The van der Waals surface area contributed by atoms with Crippen molar-refractivity contribution in [2.45, 2.75) is 38.6 Å². The number of carbonyl (C=O) groups is 1. The molecule has 0 unspecified atom stereocenters. The molecule has 0 bridgehead atoms. The van der Waals surface area contributed by atoms with Crippen molar-refractivity contribution in [1.29, 1.82) is 0 Å². The second-order valence-corrected chi connectivity index (χ2v) is 8.09. The topological polar surface area (TPSA) is 55.8 Å². The van der Waals surface area contributed by atoms with Gasteiger partial charge in [-0.15, -0.1) is 0 Å². The predicted molar refractivity (Wildman–Crippen MR) is 87.4 cm³/mol. The van der Waals surface area contributed by atoms with Crippen molar-refractivity contribution < 1.29 is 28.3 Å². The molecule has 0 amide bonds. The van der Waals surface area contributed by atoms with Crippen LogP contribution in [0.2, 0.25) is 0 Å². The summed E-state index contributed by atoms with van der Waals surface area (Å²) in [6.07, 6.45) is 0.773. The van der Waals surface area contributed by atoms with Crippen LogP contribution in [0.15, 0.2) is 0 Å². The summed E-state index contributed by atoms with van der Waals surface area (Å²) in [5, 5.41) is 9.43. The number of quaternary nitrogens is 2. The van der Waals surface area contributed by atoms with E-state index in [1.165, 1.54) is 6.92 Å². The molecule has 1 fully saturated rings. The maximum Gasteiger partial charge on any atom is 0.302 e. The molecule has 1 N–H and O–H groups in total. The van der Waals surface area contributed by atoms with Crippen molar-refractivity contribution in [2.75, 3.05) is 62.0 Å². The van der Waals surface area contributed by atoms with E-state index in [4.69, 9.17) is 9.47 Å². The molecular weight excluding hydrogens is 284 g/mol. The standard InChI is InChI=1S/C9H20NO2.C7H16NO2/c1-7-9(11)5-8(12-7)6-10(2,3)4;1-7(9)10-6-5-8(2,3)4/h7-9,11H,5-6H2,1-4H3;5-6H2,1-4H3/q2*+1/t7-,8-,9+;/m0./s1. The first-order chi connectivity index (χ1) is 9.80. The Morgan fingerprint density at radius 2 is 1.73 bits per heavy atom. The Labute approximate surface area is 135 Å². The summed E-state index contributed by atoms with van der Waals surface area (Å²) in [5.74, 6) is -0.201. The van der Waals surface area contributed by atoms with Crippen LogP contribution in [-0.4, -0.2) is 100 Å². The van der Waals surface area contributed by atoms with Crippen molar-refractivity contribution in [3.63, 3.8) is 0 Å². The molecule has 3 atom stereocenters. The number of ether oxygens (including phenoxy) is 2. The summed E-state index contributed by atoms with van der Waals surface area (Å²) in [6, 6.07) is 0. The smallest absolute Gasteiger partial charge is 0.302 e. The molecule has 132 valence electrons. The number of nitrogens with zero attached hydrogens (tertiary/aromatic N) is 2. The van der Waals surface area contributed by atoms with Crippen LogP contribution in [0.3, 0.4) is 0 Å². The first-order valence-corrected chi connectivity index (χ1v) is 7.88. The fourth-order valence-corrected chi connectivity index (χ4v) is 2.10. The molecule has 1 aliphatic rings. The maximum absolute atomic E-state index is 10.3. The quantitative estimate of drug-likeness (QED) is 0.592. The molecule has 0 radical (unpaired) electrons. The van der Waals surface area contributed by atoms with Gasteiger partial charge in [0.2, 0.25) is 0 Å². The van der Waals surface area contributed by atoms with Gasteiger partial charge in [0.1, 0.15) is 25.8 Å². The van der Waals surface area contributed by atoms with Crippen LogP contribution < -0.4 is 0 Å². The lowest BCUT2D eigenvalue weighted by molar-refractivity contribution is -0.873. The highest BCUT2D eigenvalue weighted by Gasteiger charge is 2.33. The monoisotopic (exact) mass is 320 g/mol. The molecule has 1 aliphatic heterocycles. The van der Waals surface area contributed by atoms with E-state index < -0.39 is 0 Å². The summed E-state index contributed by atoms with van der Waals surface area (Å²) < 4.78 is 12.1. The summed E-state index contributed by atoms with van der Waals surface area (Å²) in [7, 11) is 12.6. The Morgan fingerprint density at radius 1 is 1.18 bits per heavy atom. The third kappa shape index (κ3) is 11.9. The first kappa shape index (κ1) is 21.3. The molecule has 0 aromatic carbocycles. The van der Waals surface area contributed by atoms with Crippen molar-refractivity contribution in [3.8, 4) is 0 Å². The highest BCUT2D eigenvalue weighted by atomic mass is 16.5. The van der Waals surface area contributed by atoms with Gasteiger partial charge in [-0.25, -0.2) is 0 Å². The molecule has 6 heteroatoms. The van der Waals surface area contributed by atoms with Crippen LogP contribution in [0.25, 0.3) is 0 Å². The van der Waals surface area contributed by atoms with Crippen LogP contribution in [0, 0.1) is 0 Å². The molecule has 1 heterocycles. The van der Waals surface area contributed by atoms with Gasteiger partial charge in [0.05, 0.1) is 54.5 Å². The molecule has 1 rings (SSSR count). The zero-order valence-electron chi connectivity index (χ0n) is 15.6. The molecule has 0 aromatic rings. The lowest BCUT2D eigenvalue weighted by atomic mass is 10.1. The Kier molecular flexibility index (Phi) is 8.54. The summed E-state index contributed by atoms with van der Waals surface area (Å²) >= 11 is 0. The lowest BCUT2D eigenvalue weighted by Gasteiger charge is -2.26. The molecule has 0 saturated carbocycles.